The molecule has 0 saturated heterocycles. The minimum absolute atomic E-state index is 0.170. The summed E-state index contributed by atoms with van der Waals surface area (Å²) in [5.74, 6) is 0.404. The van der Waals surface area contributed by atoms with Crippen molar-refractivity contribution in [3.05, 3.63) is 59.2 Å². The van der Waals surface area contributed by atoms with Crippen LogP contribution in [0.5, 0.6) is 5.75 Å². The van der Waals surface area contributed by atoms with Gasteiger partial charge in [0, 0.05) is 23.9 Å². The highest BCUT2D eigenvalue weighted by molar-refractivity contribution is 5.95. The van der Waals surface area contributed by atoms with E-state index in [0.29, 0.717) is 23.5 Å². The Morgan fingerprint density at radius 1 is 1.20 bits per heavy atom. The zero-order valence-corrected chi connectivity index (χ0v) is 11.6. The summed E-state index contributed by atoms with van der Waals surface area (Å²) in [6, 6.07) is 13.0. The van der Waals surface area contributed by atoms with Gasteiger partial charge in [-0.15, -0.1) is 0 Å². The number of anilines is 1. The van der Waals surface area contributed by atoms with E-state index in [1.165, 1.54) is 5.56 Å². The van der Waals surface area contributed by atoms with Gasteiger partial charge in [0.15, 0.2) is 0 Å². The second kappa shape index (κ2) is 6.10. The van der Waals surface area contributed by atoms with Crippen molar-refractivity contribution in [2.24, 2.45) is 0 Å². The van der Waals surface area contributed by atoms with Crippen LogP contribution in [0.1, 0.15) is 21.5 Å². The molecule has 0 aromatic heterocycles. The van der Waals surface area contributed by atoms with Crippen molar-refractivity contribution in [3.63, 3.8) is 0 Å². The van der Waals surface area contributed by atoms with Gasteiger partial charge >= 0.3 is 0 Å². The van der Waals surface area contributed by atoms with Crippen LogP contribution < -0.4 is 15.8 Å². The molecule has 0 spiro atoms. The van der Waals surface area contributed by atoms with Gasteiger partial charge in [-0.2, -0.15) is 0 Å². The Morgan fingerprint density at radius 2 is 1.90 bits per heavy atom. The van der Waals surface area contributed by atoms with Crippen LogP contribution in [0.4, 0.5) is 5.69 Å². The van der Waals surface area contributed by atoms with E-state index >= 15 is 0 Å². The first-order valence-electron chi connectivity index (χ1n) is 6.37. The molecule has 2 aromatic carbocycles. The van der Waals surface area contributed by atoms with Crippen molar-refractivity contribution in [2.45, 2.75) is 13.5 Å². The Labute approximate surface area is 118 Å². The Bertz CT molecular complexity index is 606. The normalized spacial score (nSPS) is 10.1. The van der Waals surface area contributed by atoms with Gasteiger partial charge in [-0.05, 0) is 24.6 Å². The highest BCUT2D eigenvalue weighted by Crippen LogP contribution is 2.18. The minimum Gasteiger partial charge on any atom is -0.497 e. The number of hydrogen-bond acceptors (Lipinski definition) is 3. The zero-order valence-electron chi connectivity index (χ0n) is 11.6. The maximum Gasteiger partial charge on any atom is 0.251 e. The zero-order chi connectivity index (χ0) is 14.5. The summed E-state index contributed by atoms with van der Waals surface area (Å²) in [7, 11) is 1.54. The fraction of sp³-hybridized carbons (Fsp3) is 0.188. The van der Waals surface area contributed by atoms with Crippen LogP contribution in [0.15, 0.2) is 42.5 Å². The van der Waals surface area contributed by atoms with E-state index in [1.807, 2.05) is 31.2 Å². The SMILES string of the molecule is COc1cc(N)cc(C(=O)NCc2ccc(C)cc2)c1. The van der Waals surface area contributed by atoms with Crippen LogP contribution in [0.2, 0.25) is 0 Å². The van der Waals surface area contributed by atoms with Crippen LogP contribution in [0.25, 0.3) is 0 Å². The molecule has 0 aliphatic heterocycles. The van der Waals surface area contributed by atoms with Gasteiger partial charge in [0.25, 0.3) is 5.91 Å². The molecule has 3 N–H and O–H groups in total. The summed E-state index contributed by atoms with van der Waals surface area (Å²) in [4.78, 5) is 12.1. The van der Waals surface area contributed by atoms with Gasteiger partial charge < -0.3 is 15.8 Å². The quantitative estimate of drug-likeness (QED) is 0.839. The van der Waals surface area contributed by atoms with Gasteiger partial charge in [-0.1, -0.05) is 29.8 Å². The monoisotopic (exact) mass is 270 g/mol. The number of ether oxygens (including phenoxy) is 1. The van der Waals surface area contributed by atoms with Crippen molar-refractivity contribution in [1.82, 2.24) is 5.32 Å². The smallest absolute Gasteiger partial charge is 0.251 e. The summed E-state index contributed by atoms with van der Waals surface area (Å²) in [5.41, 5.74) is 8.99. The second-order valence-electron chi connectivity index (χ2n) is 4.66. The maximum absolute atomic E-state index is 12.1. The van der Waals surface area contributed by atoms with Crippen molar-refractivity contribution in [2.75, 3.05) is 12.8 Å². The molecule has 4 nitrogen and oxygen atoms in total. The maximum atomic E-state index is 12.1. The molecule has 104 valence electrons. The van der Waals surface area contributed by atoms with E-state index < -0.39 is 0 Å². The lowest BCUT2D eigenvalue weighted by molar-refractivity contribution is 0.0950. The molecule has 0 fully saturated rings. The van der Waals surface area contributed by atoms with Crippen molar-refractivity contribution in [3.8, 4) is 5.75 Å². The molecule has 4 heteroatoms. The number of rotatable bonds is 4. The molecular weight excluding hydrogens is 252 g/mol. The summed E-state index contributed by atoms with van der Waals surface area (Å²) in [5, 5.41) is 2.86. The first-order chi connectivity index (χ1) is 9.58. The average molecular weight is 270 g/mol. The fourth-order valence-corrected chi connectivity index (χ4v) is 1.86. The number of nitrogens with two attached hydrogens (primary N) is 1. The molecule has 0 aliphatic rings. The van der Waals surface area contributed by atoms with Gasteiger partial charge in [0.05, 0.1) is 7.11 Å². The molecule has 2 rings (SSSR count). The minimum atomic E-state index is -0.170. The third kappa shape index (κ3) is 3.51. The molecule has 0 atom stereocenters. The first kappa shape index (κ1) is 13.9. The lowest BCUT2D eigenvalue weighted by Gasteiger charge is -2.08. The number of nitrogens with one attached hydrogen (secondary N) is 1. The predicted molar refractivity (Wildman–Crippen MR) is 79.8 cm³/mol. The number of methoxy groups -OCH3 is 1. The van der Waals surface area contributed by atoms with E-state index in [4.69, 9.17) is 10.5 Å². The molecule has 0 unspecified atom stereocenters. The standard InChI is InChI=1S/C16H18N2O2/c1-11-3-5-12(6-4-11)10-18-16(19)13-7-14(17)9-15(8-13)20-2/h3-9H,10,17H2,1-2H3,(H,18,19). The van der Waals surface area contributed by atoms with Crippen molar-refractivity contribution >= 4 is 11.6 Å². The molecule has 20 heavy (non-hydrogen) atoms. The first-order valence-corrected chi connectivity index (χ1v) is 6.37. The predicted octanol–water partition coefficient (Wildman–Crippen LogP) is 2.52. The van der Waals surface area contributed by atoms with Crippen LogP contribution >= 0.6 is 0 Å². The van der Waals surface area contributed by atoms with Gasteiger partial charge in [0.1, 0.15) is 5.75 Å². The largest absolute Gasteiger partial charge is 0.497 e. The molecule has 0 heterocycles. The van der Waals surface area contributed by atoms with E-state index in [9.17, 15) is 4.79 Å². The summed E-state index contributed by atoms with van der Waals surface area (Å²) in [6.45, 7) is 2.51. The van der Waals surface area contributed by atoms with Crippen LogP contribution in [0, 0.1) is 6.92 Å². The van der Waals surface area contributed by atoms with Crippen molar-refractivity contribution < 1.29 is 9.53 Å². The van der Waals surface area contributed by atoms with E-state index in [0.717, 1.165) is 5.56 Å². The van der Waals surface area contributed by atoms with E-state index in [-0.39, 0.29) is 5.91 Å². The van der Waals surface area contributed by atoms with Crippen molar-refractivity contribution in [1.29, 1.82) is 0 Å². The molecule has 1 amide bonds. The Morgan fingerprint density at radius 3 is 2.55 bits per heavy atom. The third-order valence-electron chi connectivity index (χ3n) is 3.00. The molecule has 0 radical (unpaired) electrons. The average Bonchev–Trinajstić information content (AvgIpc) is 2.45. The van der Waals surface area contributed by atoms with Gasteiger partial charge in [-0.25, -0.2) is 0 Å². The Balaban J connectivity index is 2.04. The number of amides is 1. The Kier molecular flexibility index (Phi) is 4.25. The highest BCUT2D eigenvalue weighted by atomic mass is 16.5. The number of nitrogen functional groups attached to an aromatic ring is 1. The van der Waals surface area contributed by atoms with Gasteiger partial charge in [-0.3, -0.25) is 4.79 Å². The Hall–Kier alpha value is -2.49. The lowest BCUT2D eigenvalue weighted by atomic mass is 10.1. The number of aryl methyl sites for hydroxylation is 1. The number of benzene rings is 2. The third-order valence-corrected chi connectivity index (χ3v) is 3.00. The molecule has 0 aliphatic carbocycles. The molecule has 2 aromatic rings. The number of carbonyl (C=O) groups excluding carboxylic acids is 1. The fourth-order valence-electron chi connectivity index (χ4n) is 1.86. The number of carbonyl (C=O) groups is 1. The number of hydrogen-bond donors (Lipinski definition) is 2. The summed E-state index contributed by atoms with van der Waals surface area (Å²) >= 11 is 0. The second-order valence-corrected chi connectivity index (χ2v) is 4.66. The lowest BCUT2D eigenvalue weighted by Crippen LogP contribution is -2.22. The van der Waals surface area contributed by atoms with Gasteiger partial charge in [0.2, 0.25) is 0 Å². The molecule has 0 bridgehead atoms. The van der Waals surface area contributed by atoms with Crippen LogP contribution in [0.3, 0.4) is 0 Å². The summed E-state index contributed by atoms with van der Waals surface area (Å²) in [6.07, 6.45) is 0. The molecular formula is C16H18N2O2. The van der Waals surface area contributed by atoms with E-state index in [2.05, 4.69) is 5.32 Å². The molecule has 0 saturated carbocycles. The van der Waals surface area contributed by atoms with Crippen LogP contribution in [-0.2, 0) is 6.54 Å². The van der Waals surface area contributed by atoms with Crippen LogP contribution in [-0.4, -0.2) is 13.0 Å². The topological polar surface area (TPSA) is 64.3 Å². The highest BCUT2D eigenvalue weighted by Gasteiger charge is 2.08. The summed E-state index contributed by atoms with van der Waals surface area (Å²) < 4.78 is 5.10. The van der Waals surface area contributed by atoms with E-state index in [1.54, 1.807) is 25.3 Å².